The van der Waals surface area contributed by atoms with Crippen LogP contribution in [0, 0.1) is 11.6 Å². The summed E-state index contributed by atoms with van der Waals surface area (Å²) in [6.07, 6.45) is 0.743. The van der Waals surface area contributed by atoms with Crippen molar-refractivity contribution in [2.75, 3.05) is 6.61 Å². The van der Waals surface area contributed by atoms with Gasteiger partial charge in [-0.05, 0) is 48.4 Å². The van der Waals surface area contributed by atoms with Crippen LogP contribution in [0.2, 0.25) is 5.02 Å². The molecular weight excluding hydrogens is 298 g/mol. The van der Waals surface area contributed by atoms with E-state index < -0.39 is 17.4 Å². The molecule has 110 valence electrons. The summed E-state index contributed by atoms with van der Waals surface area (Å²) >= 11 is 5.99. The van der Waals surface area contributed by atoms with Crippen molar-refractivity contribution in [3.8, 4) is 5.75 Å². The number of carbonyl (C=O) groups excluding carboxylic acids is 1. The molecule has 0 bridgehead atoms. The van der Waals surface area contributed by atoms with E-state index in [2.05, 4.69) is 0 Å². The van der Waals surface area contributed by atoms with Gasteiger partial charge >= 0.3 is 0 Å². The predicted octanol–water partition coefficient (Wildman–Crippen LogP) is 4.44. The number of hydrogen-bond donors (Lipinski definition) is 0. The van der Waals surface area contributed by atoms with Crippen LogP contribution in [0.15, 0.2) is 36.4 Å². The minimum atomic E-state index is -1.05. The number of carbonyl (C=O) groups is 1. The van der Waals surface area contributed by atoms with Crippen LogP contribution in [0.4, 0.5) is 8.78 Å². The summed E-state index contributed by atoms with van der Waals surface area (Å²) in [5.41, 5.74) is 0.980. The zero-order chi connectivity index (χ0) is 15.4. The lowest BCUT2D eigenvalue weighted by atomic mass is 10.1. The number of rotatable bonds is 5. The Balaban J connectivity index is 2.05. The Morgan fingerprint density at radius 3 is 2.57 bits per heavy atom. The van der Waals surface area contributed by atoms with Crippen LogP contribution in [-0.4, -0.2) is 12.4 Å². The maximum absolute atomic E-state index is 13.1. The molecule has 2 aromatic rings. The molecule has 2 rings (SSSR count). The van der Waals surface area contributed by atoms with E-state index in [0.29, 0.717) is 10.8 Å². The summed E-state index contributed by atoms with van der Waals surface area (Å²) in [6.45, 7) is 1.70. The molecule has 0 saturated heterocycles. The van der Waals surface area contributed by atoms with Gasteiger partial charge in [0, 0.05) is 10.6 Å². The molecule has 0 spiro atoms. The van der Waals surface area contributed by atoms with E-state index in [9.17, 15) is 13.6 Å². The fourth-order valence-electron chi connectivity index (χ4n) is 1.81. The highest BCUT2D eigenvalue weighted by atomic mass is 35.5. The summed E-state index contributed by atoms with van der Waals surface area (Å²) in [5, 5.41) is 0.636. The number of ketones is 1. The SMILES string of the molecule is CCc1cc(OCC(=O)c2ccc(F)c(F)c2)ccc1Cl. The van der Waals surface area contributed by atoms with Crippen molar-refractivity contribution in [2.24, 2.45) is 0 Å². The Bertz CT molecular complexity index is 671. The summed E-state index contributed by atoms with van der Waals surface area (Å²) in [5.74, 6) is -1.97. The number of Topliss-reactive ketones (excluding diaryl/α,β-unsaturated/α-hetero) is 1. The van der Waals surface area contributed by atoms with Crippen LogP contribution >= 0.6 is 11.6 Å². The van der Waals surface area contributed by atoms with Gasteiger partial charge < -0.3 is 4.74 Å². The zero-order valence-corrected chi connectivity index (χ0v) is 12.1. The molecule has 0 aliphatic heterocycles. The summed E-state index contributed by atoms with van der Waals surface area (Å²) < 4.78 is 31.2. The molecular formula is C16H13ClF2O2. The van der Waals surface area contributed by atoms with Crippen LogP contribution in [0.1, 0.15) is 22.8 Å². The first-order valence-corrected chi connectivity index (χ1v) is 6.78. The van der Waals surface area contributed by atoms with Gasteiger partial charge in [-0.2, -0.15) is 0 Å². The van der Waals surface area contributed by atoms with Crippen LogP contribution in [0.25, 0.3) is 0 Å². The lowest BCUT2D eigenvalue weighted by Gasteiger charge is -2.08. The molecule has 0 atom stereocenters. The number of benzene rings is 2. The number of aryl methyl sites for hydroxylation is 1. The molecule has 0 aromatic heterocycles. The van der Waals surface area contributed by atoms with Crippen molar-refractivity contribution in [3.05, 3.63) is 64.2 Å². The lowest BCUT2D eigenvalue weighted by molar-refractivity contribution is 0.0921. The second-order valence-corrected chi connectivity index (χ2v) is 4.85. The smallest absolute Gasteiger partial charge is 0.200 e. The highest BCUT2D eigenvalue weighted by Crippen LogP contribution is 2.22. The Morgan fingerprint density at radius 2 is 1.90 bits per heavy atom. The maximum atomic E-state index is 13.1. The molecule has 0 fully saturated rings. The Labute approximate surface area is 126 Å². The first-order valence-electron chi connectivity index (χ1n) is 6.40. The quantitative estimate of drug-likeness (QED) is 0.763. The highest BCUT2D eigenvalue weighted by Gasteiger charge is 2.11. The summed E-state index contributed by atoms with van der Waals surface area (Å²) in [4.78, 5) is 11.9. The molecule has 5 heteroatoms. The van der Waals surface area contributed by atoms with Crippen LogP contribution < -0.4 is 4.74 Å². The van der Waals surface area contributed by atoms with Crippen molar-refractivity contribution < 1.29 is 18.3 Å². The normalized spacial score (nSPS) is 10.5. The Kier molecular flexibility index (Phi) is 4.91. The van der Waals surface area contributed by atoms with Gasteiger partial charge in [-0.3, -0.25) is 4.79 Å². The van der Waals surface area contributed by atoms with Gasteiger partial charge in [0.25, 0.3) is 0 Å². The van der Waals surface area contributed by atoms with Crippen molar-refractivity contribution >= 4 is 17.4 Å². The van der Waals surface area contributed by atoms with Gasteiger partial charge in [0.1, 0.15) is 5.75 Å². The molecule has 0 aliphatic carbocycles. The molecule has 2 nitrogen and oxygen atoms in total. The van der Waals surface area contributed by atoms with E-state index in [0.717, 1.165) is 24.1 Å². The van der Waals surface area contributed by atoms with Gasteiger partial charge in [-0.25, -0.2) is 8.78 Å². The minimum absolute atomic E-state index is 0.0681. The molecule has 0 saturated carbocycles. The average molecular weight is 311 g/mol. The van der Waals surface area contributed by atoms with Crippen molar-refractivity contribution in [2.45, 2.75) is 13.3 Å². The molecule has 0 unspecified atom stereocenters. The summed E-state index contributed by atoms with van der Waals surface area (Å²) in [7, 11) is 0. The van der Waals surface area contributed by atoms with Gasteiger partial charge in [0.05, 0.1) is 0 Å². The zero-order valence-electron chi connectivity index (χ0n) is 11.3. The largest absolute Gasteiger partial charge is 0.485 e. The second kappa shape index (κ2) is 6.68. The monoisotopic (exact) mass is 310 g/mol. The number of halogens is 3. The number of hydrogen-bond acceptors (Lipinski definition) is 2. The van der Waals surface area contributed by atoms with Crippen LogP contribution in [0.5, 0.6) is 5.75 Å². The van der Waals surface area contributed by atoms with Crippen LogP contribution in [-0.2, 0) is 6.42 Å². The third-order valence-corrected chi connectivity index (χ3v) is 3.38. The first-order chi connectivity index (χ1) is 10.0. The predicted molar refractivity (Wildman–Crippen MR) is 77.0 cm³/mol. The van der Waals surface area contributed by atoms with Gasteiger partial charge in [0.15, 0.2) is 24.0 Å². The van der Waals surface area contributed by atoms with Gasteiger partial charge in [0.2, 0.25) is 0 Å². The fraction of sp³-hybridized carbons (Fsp3) is 0.188. The van der Waals surface area contributed by atoms with E-state index in [4.69, 9.17) is 16.3 Å². The topological polar surface area (TPSA) is 26.3 Å². The van der Waals surface area contributed by atoms with Crippen molar-refractivity contribution in [3.63, 3.8) is 0 Å². The molecule has 2 aromatic carbocycles. The standard InChI is InChI=1S/C16H13ClF2O2/c1-2-10-7-12(4-5-13(10)17)21-9-16(20)11-3-6-14(18)15(19)8-11/h3-8H,2,9H2,1H3. The molecule has 0 radical (unpaired) electrons. The minimum Gasteiger partial charge on any atom is -0.485 e. The average Bonchev–Trinajstić information content (AvgIpc) is 2.48. The van der Waals surface area contributed by atoms with E-state index in [-0.39, 0.29) is 12.2 Å². The molecule has 0 amide bonds. The molecule has 0 aliphatic rings. The maximum Gasteiger partial charge on any atom is 0.200 e. The van der Waals surface area contributed by atoms with Crippen molar-refractivity contribution in [1.82, 2.24) is 0 Å². The highest BCUT2D eigenvalue weighted by molar-refractivity contribution is 6.31. The first kappa shape index (κ1) is 15.4. The van der Waals surface area contributed by atoms with E-state index in [1.54, 1.807) is 18.2 Å². The molecule has 0 N–H and O–H groups in total. The Hall–Kier alpha value is -1.94. The van der Waals surface area contributed by atoms with E-state index in [1.807, 2.05) is 6.92 Å². The fourth-order valence-corrected chi connectivity index (χ4v) is 2.06. The molecule has 21 heavy (non-hydrogen) atoms. The van der Waals surface area contributed by atoms with Gasteiger partial charge in [-0.15, -0.1) is 0 Å². The third-order valence-electron chi connectivity index (χ3n) is 3.01. The Morgan fingerprint density at radius 1 is 1.14 bits per heavy atom. The van der Waals surface area contributed by atoms with E-state index >= 15 is 0 Å². The van der Waals surface area contributed by atoms with Crippen LogP contribution in [0.3, 0.4) is 0 Å². The number of ether oxygens (including phenoxy) is 1. The molecule has 0 heterocycles. The van der Waals surface area contributed by atoms with Gasteiger partial charge in [-0.1, -0.05) is 18.5 Å². The lowest BCUT2D eigenvalue weighted by Crippen LogP contribution is -2.12. The van der Waals surface area contributed by atoms with E-state index in [1.165, 1.54) is 6.07 Å². The second-order valence-electron chi connectivity index (χ2n) is 4.45. The summed E-state index contributed by atoms with van der Waals surface area (Å²) in [6, 6.07) is 8.10. The third kappa shape index (κ3) is 3.79. The van der Waals surface area contributed by atoms with Crippen molar-refractivity contribution in [1.29, 1.82) is 0 Å².